The van der Waals surface area contributed by atoms with Gasteiger partial charge in [-0.2, -0.15) is 5.10 Å². The van der Waals surface area contributed by atoms with E-state index in [2.05, 4.69) is 20.4 Å². The molecule has 2 N–H and O–H groups in total. The first kappa shape index (κ1) is 16.8. The minimum absolute atomic E-state index is 0.0900. The van der Waals surface area contributed by atoms with Crippen molar-refractivity contribution in [3.63, 3.8) is 0 Å². The molecule has 26 heavy (non-hydrogen) atoms. The number of carbonyl (C=O) groups is 1. The van der Waals surface area contributed by atoms with Gasteiger partial charge in [0.05, 0.1) is 41.6 Å². The lowest BCUT2D eigenvalue weighted by Crippen LogP contribution is -2.37. The minimum Gasteiger partial charge on any atom is -0.378 e. The Labute approximate surface area is 155 Å². The number of rotatable bonds is 5. The molecule has 1 saturated heterocycles. The predicted octanol–water partition coefficient (Wildman–Crippen LogP) is 2.90. The number of hydrogen-bond acceptors (Lipinski definition) is 5. The Kier molecular flexibility index (Phi) is 4.99. The van der Waals surface area contributed by atoms with Gasteiger partial charge in [-0.15, -0.1) is 11.3 Å². The summed E-state index contributed by atoms with van der Waals surface area (Å²) in [5.74, 6) is -0.0900. The fraction of sp³-hybridized carbons (Fsp3) is 0.263. The maximum absolute atomic E-state index is 12.7. The Morgan fingerprint density at radius 1 is 1.23 bits per heavy atom. The molecule has 4 rings (SSSR count). The van der Waals surface area contributed by atoms with Crippen LogP contribution in [0.25, 0.3) is 10.6 Å². The molecule has 6 nitrogen and oxygen atoms in total. The Morgan fingerprint density at radius 2 is 2.08 bits per heavy atom. The van der Waals surface area contributed by atoms with Crippen molar-refractivity contribution < 1.29 is 9.53 Å². The van der Waals surface area contributed by atoms with Crippen molar-refractivity contribution in [1.82, 2.24) is 15.5 Å². The number of morpholine rings is 1. The molecule has 0 radical (unpaired) electrons. The van der Waals surface area contributed by atoms with Crippen LogP contribution < -0.4 is 10.2 Å². The monoisotopic (exact) mass is 368 g/mol. The average Bonchev–Trinajstić information content (AvgIpc) is 3.38. The summed E-state index contributed by atoms with van der Waals surface area (Å²) in [4.78, 5) is 16.0. The summed E-state index contributed by atoms with van der Waals surface area (Å²) < 4.78 is 5.41. The van der Waals surface area contributed by atoms with E-state index >= 15 is 0 Å². The van der Waals surface area contributed by atoms with Crippen molar-refractivity contribution in [2.45, 2.75) is 6.54 Å². The molecule has 3 aromatic rings. The van der Waals surface area contributed by atoms with Gasteiger partial charge in [-0.3, -0.25) is 9.89 Å². The van der Waals surface area contributed by atoms with Crippen molar-refractivity contribution in [2.75, 3.05) is 31.2 Å². The van der Waals surface area contributed by atoms with Gasteiger partial charge >= 0.3 is 0 Å². The van der Waals surface area contributed by atoms with E-state index in [0.29, 0.717) is 25.3 Å². The van der Waals surface area contributed by atoms with E-state index in [0.717, 1.165) is 35.0 Å². The van der Waals surface area contributed by atoms with Crippen LogP contribution in [0.1, 0.15) is 16.1 Å². The number of hydrogen-bond donors (Lipinski definition) is 2. The minimum atomic E-state index is -0.0900. The van der Waals surface area contributed by atoms with Gasteiger partial charge in [-0.25, -0.2) is 0 Å². The second-order valence-corrected chi connectivity index (χ2v) is 7.00. The number of nitrogens with zero attached hydrogens (tertiary/aromatic N) is 2. The van der Waals surface area contributed by atoms with Crippen LogP contribution in [0.3, 0.4) is 0 Å². The van der Waals surface area contributed by atoms with Crippen LogP contribution >= 0.6 is 11.3 Å². The molecule has 0 unspecified atom stereocenters. The highest BCUT2D eigenvalue weighted by Crippen LogP contribution is 2.23. The van der Waals surface area contributed by atoms with Crippen molar-refractivity contribution in [3.8, 4) is 10.6 Å². The van der Waals surface area contributed by atoms with Crippen LogP contribution in [-0.4, -0.2) is 42.4 Å². The topological polar surface area (TPSA) is 70.2 Å². The molecule has 1 fully saturated rings. The number of anilines is 1. The third-order valence-corrected chi connectivity index (χ3v) is 5.25. The number of para-hydroxylation sites is 1. The summed E-state index contributed by atoms with van der Waals surface area (Å²) in [5, 5.41) is 12.3. The van der Waals surface area contributed by atoms with Gasteiger partial charge in [0.15, 0.2) is 0 Å². The van der Waals surface area contributed by atoms with Gasteiger partial charge in [-0.05, 0) is 29.6 Å². The number of nitrogens with one attached hydrogen (secondary N) is 2. The van der Waals surface area contributed by atoms with Crippen molar-refractivity contribution in [1.29, 1.82) is 0 Å². The van der Waals surface area contributed by atoms with Gasteiger partial charge in [0.2, 0.25) is 0 Å². The van der Waals surface area contributed by atoms with Gasteiger partial charge in [-0.1, -0.05) is 18.2 Å². The maximum Gasteiger partial charge on any atom is 0.253 e. The molecular weight excluding hydrogens is 348 g/mol. The molecule has 0 spiro atoms. The van der Waals surface area contributed by atoms with Gasteiger partial charge in [0.25, 0.3) is 5.91 Å². The van der Waals surface area contributed by atoms with Crippen molar-refractivity contribution in [3.05, 3.63) is 59.1 Å². The van der Waals surface area contributed by atoms with E-state index in [1.165, 1.54) is 0 Å². The van der Waals surface area contributed by atoms with E-state index in [1.54, 1.807) is 11.3 Å². The molecular formula is C19H20N4O2S. The number of aromatic amines is 1. The molecule has 2 aromatic heterocycles. The molecule has 1 amide bonds. The number of carbonyl (C=O) groups excluding carboxylic acids is 1. The van der Waals surface area contributed by atoms with E-state index in [4.69, 9.17) is 4.74 Å². The molecule has 1 aliphatic heterocycles. The molecule has 1 aliphatic rings. The molecule has 0 aliphatic carbocycles. The molecule has 134 valence electrons. The number of ether oxygens (including phenoxy) is 1. The Hall–Kier alpha value is -2.64. The zero-order chi connectivity index (χ0) is 17.8. The lowest BCUT2D eigenvalue weighted by atomic mass is 10.1. The zero-order valence-electron chi connectivity index (χ0n) is 14.3. The normalized spacial score (nSPS) is 14.4. The van der Waals surface area contributed by atoms with Crippen LogP contribution in [0.2, 0.25) is 0 Å². The average molecular weight is 368 g/mol. The summed E-state index contributed by atoms with van der Waals surface area (Å²) in [6, 6.07) is 13.7. The van der Waals surface area contributed by atoms with E-state index in [9.17, 15) is 4.79 Å². The first-order valence-corrected chi connectivity index (χ1v) is 9.47. The zero-order valence-corrected chi connectivity index (χ0v) is 15.1. The van der Waals surface area contributed by atoms with Crippen molar-refractivity contribution in [2.24, 2.45) is 0 Å². The van der Waals surface area contributed by atoms with Crippen LogP contribution in [0, 0.1) is 0 Å². The molecule has 1 aromatic carbocycles. The quantitative estimate of drug-likeness (QED) is 0.726. The molecule has 0 atom stereocenters. The summed E-state index contributed by atoms with van der Waals surface area (Å²) in [5.41, 5.74) is 3.42. The second-order valence-electron chi connectivity index (χ2n) is 6.05. The number of thiophene rings is 1. The molecule has 0 saturated carbocycles. The fourth-order valence-corrected chi connectivity index (χ4v) is 3.72. The third kappa shape index (κ3) is 3.63. The van der Waals surface area contributed by atoms with Crippen molar-refractivity contribution >= 4 is 22.9 Å². The molecule has 0 bridgehead atoms. The number of H-pyrrole nitrogens is 1. The Bertz CT molecular complexity index is 869. The van der Waals surface area contributed by atoms with Gasteiger partial charge in [0, 0.05) is 18.8 Å². The van der Waals surface area contributed by atoms with Crippen LogP contribution in [0.15, 0.2) is 47.8 Å². The van der Waals surface area contributed by atoms with Crippen LogP contribution in [0.5, 0.6) is 0 Å². The SMILES string of the molecule is O=C(NCc1cc(-c2cccs2)[nH]n1)c1ccccc1N1CCOCC1. The van der Waals surface area contributed by atoms with Gasteiger partial charge < -0.3 is 15.0 Å². The summed E-state index contributed by atoms with van der Waals surface area (Å²) in [6.07, 6.45) is 0. The number of aromatic nitrogens is 2. The number of amides is 1. The molecule has 7 heteroatoms. The lowest BCUT2D eigenvalue weighted by Gasteiger charge is -2.30. The largest absolute Gasteiger partial charge is 0.378 e. The van der Waals surface area contributed by atoms with E-state index < -0.39 is 0 Å². The summed E-state index contributed by atoms with van der Waals surface area (Å²) in [6.45, 7) is 3.36. The predicted molar refractivity (Wildman–Crippen MR) is 103 cm³/mol. The third-order valence-electron chi connectivity index (χ3n) is 4.35. The Morgan fingerprint density at radius 3 is 2.88 bits per heavy atom. The first-order chi connectivity index (χ1) is 12.8. The van der Waals surface area contributed by atoms with Crippen LogP contribution in [-0.2, 0) is 11.3 Å². The lowest BCUT2D eigenvalue weighted by molar-refractivity contribution is 0.0949. The van der Waals surface area contributed by atoms with Crippen LogP contribution in [0.4, 0.5) is 5.69 Å². The summed E-state index contributed by atoms with van der Waals surface area (Å²) >= 11 is 1.65. The smallest absolute Gasteiger partial charge is 0.253 e. The Balaban J connectivity index is 1.44. The van der Waals surface area contributed by atoms with Gasteiger partial charge in [0.1, 0.15) is 0 Å². The highest BCUT2D eigenvalue weighted by molar-refractivity contribution is 7.13. The number of benzene rings is 1. The van der Waals surface area contributed by atoms with E-state index in [-0.39, 0.29) is 5.91 Å². The highest BCUT2D eigenvalue weighted by Gasteiger charge is 2.18. The highest BCUT2D eigenvalue weighted by atomic mass is 32.1. The summed E-state index contributed by atoms with van der Waals surface area (Å²) in [7, 11) is 0. The molecule has 3 heterocycles. The first-order valence-electron chi connectivity index (χ1n) is 8.59. The second kappa shape index (κ2) is 7.72. The fourth-order valence-electron chi connectivity index (χ4n) is 3.02. The standard InChI is InChI=1S/C19H20N4O2S/c24-19(15-4-1-2-5-17(15)23-7-9-25-10-8-23)20-13-14-12-16(22-21-14)18-6-3-11-26-18/h1-6,11-12H,7-10,13H2,(H,20,24)(H,21,22). The van der Waals surface area contributed by atoms with E-state index in [1.807, 2.05) is 47.8 Å². The maximum atomic E-state index is 12.7.